The molecular formula is C22H21F2N3O2. The van der Waals surface area contributed by atoms with Crippen LogP contribution in [0.1, 0.15) is 28.5 Å². The van der Waals surface area contributed by atoms with Gasteiger partial charge in [0.1, 0.15) is 17.7 Å². The largest absolute Gasteiger partial charge is 0.370 e. The number of rotatable bonds is 6. The maximum absolute atomic E-state index is 13.3. The number of ether oxygens (including phenoxy) is 1. The lowest BCUT2D eigenvalue weighted by atomic mass is 10.1. The molecule has 0 aliphatic carbocycles. The zero-order valence-electron chi connectivity index (χ0n) is 15.8. The van der Waals surface area contributed by atoms with Crippen molar-refractivity contribution in [2.75, 3.05) is 13.2 Å². The first kappa shape index (κ1) is 19.3. The van der Waals surface area contributed by atoms with Gasteiger partial charge in [0.25, 0.3) is 0 Å². The molecule has 2 aromatic carbocycles. The summed E-state index contributed by atoms with van der Waals surface area (Å²) in [4.78, 5) is 12.2. The molecule has 1 atom stereocenters. The highest BCUT2D eigenvalue weighted by Gasteiger charge is 2.25. The molecule has 1 aliphatic heterocycles. The maximum Gasteiger partial charge on any atom is 0.224 e. The highest BCUT2D eigenvalue weighted by atomic mass is 19.1. The van der Waals surface area contributed by atoms with Crippen molar-refractivity contribution in [3.05, 3.63) is 88.7 Å². The van der Waals surface area contributed by atoms with E-state index in [-0.39, 0.29) is 30.5 Å². The molecule has 1 amide bonds. The van der Waals surface area contributed by atoms with Gasteiger partial charge < -0.3 is 10.1 Å². The molecule has 0 unspecified atom stereocenters. The van der Waals surface area contributed by atoms with Crippen molar-refractivity contribution in [1.29, 1.82) is 0 Å². The van der Waals surface area contributed by atoms with E-state index >= 15 is 0 Å². The van der Waals surface area contributed by atoms with Gasteiger partial charge in [-0.05, 0) is 35.2 Å². The topological polar surface area (TPSA) is 56.1 Å². The zero-order valence-corrected chi connectivity index (χ0v) is 15.8. The summed E-state index contributed by atoms with van der Waals surface area (Å²) in [5, 5.41) is 7.44. The fourth-order valence-electron chi connectivity index (χ4n) is 3.51. The molecule has 29 heavy (non-hydrogen) atoms. The average Bonchev–Trinajstić information content (AvgIpc) is 3.09. The van der Waals surface area contributed by atoms with Gasteiger partial charge in [0.05, 0.1) is 25.3 Å². The molecule has 1 aliphatic rings. The highest BCUT2D eigenvalue weighted by molar-refractivity contribution is 5.78. The lowest BCUT2D eigenvalue weighted by molar-refractivity contribution is -0.121. The third-order valence-electron chi connectivity index (χ3n) is 4.82. The molecule has 0 bridgehead atoms. The number of carbonyl (C=O) groups excluding carboxylic acids is 1. The van der Waals surface area contributed by atoms with Crippen LogP contribution in [-0.2, 0) is 28.9 Å². The van der Waals surface area contributed by atoms with Crippen molar-refractivity contribution in [1.82, 2.24) is 15.1 Å². The van der Waals surface area contributed by atoms with E-state index < -0.39 is 11.6 Å². The van der Waals surface area contributed by atoms with Crippen LogP contribution in [0.5, 0.6) is 0 Å². The first-order valence-electron chi connectivity index (χ1n) is 9.50. The van der Waals surface area contributed by atoms with Gasteiger partial charge in [0.15, 0.2) is 0 Å². The van der Waals surface area contributed by atoms with E-state index in [1.807, 2.05) is 41.2 Å². The second-order valence-corrected chi connectivity index (χ2v) is 7.09. The molecule has 1 N–H and O–H groups in total. The van der Waals surface area contributed by atoms with E-state index in [2.05, 4.69) is 10.4 Å². The first-order valence-corrected chi connectivity index (χ1v) is 9.50. The molecule has 7 heteroatoms. The third kappa shape index (κ3) is 4.86. The number of nitrogens with one attached hydrogen (secondary N) is 1. The second kappa shape index (κ2) is 8.53. The summed E-state index contributed by atoms with van der Waals surface area (Å²) >= 11 is 0. The van der Waals surface area contributed by atoms with Crippen LogP contribution in [0.4, 0.5) is 8.78 Å². The molecule has 1 aromatic heterocycles. The molecule has 0 radical (unpaired) electrons. The fraction of sp³-hybridized carbons (Fsp3) is 0.273. The van der Waals surface area contributed by atoms with E-state index in [1.165, 1.54) is 0 Å². The van der Waals surface area contributed by atoms with Crippen molar-refractivity contribution in [2.24, 2.45) is 0 Å². The first-order chi connectivity index (χ1) is 14.1. The molecule has 2 heterocycles. The molecule has 4 rings (SSSR count). The van der Waals surface area contributed by atoms with Gasteiger partial charge >= 0.3 is 0 Å². The molecule has 3 aromatic rings. The van der Waals surface area contributed by atoms with Gasteiger partial charge in [-0.25, -0.2) is 8.78 Å². The SMILES string of the molecule is O=C(Cc1cc(F)cc(F)c1)NC[C@H]1OCCc2cn(Cc3ccccc3)nc21. The van der Waals surface area contributed by atoms with Crippen LogP contribution in [0, 0.1) is 11.6 Å². The molecule has 0 fully saturated rings. The Bertz CT molecular complexity index is 984. The number of amides is 1. The Hall–Kier alpha value is -3.06. The third-order valence-corrected chi connectivity index (χ3v) is 4.82. The van der Waals surface area contributed by atoms with E-state index in [9.17, 15) is 13.6 Å². The number of fused-ring (bicyclic) bond motifs is 1. The monoisotopic (exact) mass is 397 g/mol. The lowest BCUT2D eigenvalue weighted by Crippen LogP contribution is -2.32. The van der Waals surface area contributed by atoms with Crippen LogP contribution in [0.15, 0.2) is 54.7 Å². The van der Waals surface area contributed by atoms with Gasteiger partial charge in [-0.3, -0.25) is 9.48 Å². The normalized spacial score (nSPS) is 15.7. The summed E-state index contributed by atoms with van der Waals surface area (Å²) in [7, 11) is 0. The van der Waals surface area contributed by atoms with Gasteiger partial charge in [0, 0.05) is 18.8 Å². The van der Waals surface area contributed by atoms with Crippen molar-refractivity contribution in [3.63, 3.8) is 0 Å². The number of nitrogens with zero attached hydrogens (tertiary/aromatic N) is 2. The molecule has 0 spiro atoms. The maximum atomic E-state index is 13.3. The Kier molecular flexibility index (Phi) is 5.67. The second-order valence-electron chi connectivity index (χ2n) is 7.09. The smallest absolute Gasteiger partial charge is 0.224 e. The van der Waals surface area contributed by atoms with Gasteiger partial charge in [-0.15, -0.1) is 0 Å². The number of halogens is 2. The Morgan fingerprint density at radius 1 is 1.14 bits per heavy atom. The number of carbonyl (C=O) groups is 1. The minimum Gasteiger partial charge on any atom is -0.370 e. The van der Waals surface area contributed by atoms with E-state index in [4.69, 9.17) is 4.74 Å². The van der Waals surface area contributed by atoms with Crippen molar-refractivity contribution < 1.29 is 18.3 Å². The van der Waals surface area contributed by atoms with Crippen molar-refractivity contribution >= 4 is 5.91 Å². The van der Waals surface area contributed by atoms with Crippen LogP contribution < -0.4 is 5.32 Å². The van der Waals surface area contributed by atoms with Crippen LogP contribution in [-0.4, -0.2) is 28.8 Å². The van der Waals surface area contributed by atoms with Gasteiger partial charge in [-0.2, -0.15) is 5.10 Å². The predicted molar refractivity (Wildman–Crippen MR) is 103 cm³/mol. The molecular weight excluding hydrogens is 376 g/mol. The summed E-state index contributed by atoms with van der Waals surface area (Å²) in [6, 6.07) is 13.1. The number of hydrogen-bond donors (Lipinski definition) is 1. The highest BCUT2D eigenvalue weighted by Crippen LogP contribution is 2.25. The number of benzene rings is 2. The standard InChI is InChI=1S/C22H21F2N3O2/c23-18-8-16(9-19(24)11-18)10-21(28)25-12-20-22-17(6-7-29-20)14-27(26-22)13-15-4-2-1-3-5-15/h1-5,8-9,11,14,20H,6-7,10,12-13H2,(H,25,28)/t20-/m1/s1. The molecule has 0 saturated carbocycles. The molecule has 0 saturated heterocycles. The Labute approximate surface area is 167 Å². The summed E-state index contributed by atoms with van der Waals surface area (Å²) in [6.45, 7) is 1.48. The van der Waals surface area contributed by atoms with Crippen molar-refractivity contribution in [2.45, 2.75) is 25.5 Å². The molecule has 5 nitrogen and oxygen atoms in total. The van der Waals surface area contributed by atoms with Gasteiger partial charge in [0.2, 0.25) is 5.91 Å². The van der Waals surface area contributed by atoms with E-state index in [0.717, 1.165) is 41.4 Å². The lowest BCUT2D eigenvalue weighted by Gasteiger charge is -2.22. The molecule has 150 valence electrons. The van der Waals surface area contributed by atoms with Gasteiger partial charge in [-0.1, -0.05) is 30.3 Å². The quantitative estimate of drug-likeness (QED) is 0.695. The minimum absolute atomic E-state index is 0.100. The Balaban J connectivity index is 1.38. The number of aromatic nitrogens is 2. The summed E-state index contributed by atoms with van der Waals surface area (Å²) in [5.74, 6) is -1.72. The van der Waals surface area contributed by atoms with Crippen LogP contribution in [0.25, 0.3) is 0 Å². The summed E-state index contributed by atoms with van der Waals surface area (Å²) in [6.07, 6.45) is 2.35. The minimum atomic E-state index is -0.697. The average molecular weight is 397 g/mol. The Morgan fingerprint density at radius 2 is 1.90 bits per heavy atom. The summed E-state index contributed by atoms with van der Waals surface area (Å²) < 4.78 is 34.2. The fourth-order valence-corrected chi connectivity index (χ4v) is 3.51. The Morgan fingerprint density at radius 3 is 2.66 bits per heavy atom. The van der Waals surface area contributed by atoms with E-state index in [0.29, 0.717) is 13.2 Å². The van der Waals surface area contributed by atoms with Crippen molar-refractivity contribution in [3.8, 4) is 0 Å². The van der Waals surface area contributed by atoms with E-state index in [1.54, 1.807) is 0 Å². The zero-order chi connectivity index (χ0) is 20.2. The predicted octanol–water partition coefficient (Wildman–Crippen LogP) is 3.18. The van der Waals surface area contributed by atoms with Crippen LogP contribution in [0.2, 0.25) is 0 Å². The summed E-state index contributed by atoms with van der Waals surface area (Å²) in [5.41, 5.74) is 3.38. The van der Waals surface area contributed by atoms with Crippen LogP contribution >= 0.6 is 0 Å². The van der Waals surface area contributed by atoms with Crippen LogP contribution in [0.3, 0.4) is 0 Å². The number of hydrogen-bond acceptors (Lipinski definition) is 3.